The predicted molar refractivity (Wildman–Crippen MR) is 99.6 cm³/mol. The first-order valence-electron chi connectivity index (χ1n) is 8.91. The minimum Gasteiger partial charge on any atom is -0.360 e. The van der Waals surface area contributed by atoms with Gasteiger partial charge in [-0.25, -0.2) is 0 Å². The molecule has 2 aromatic rings. The molecule has 0 atom stereocenters. The molecule has 2 heterocycles. The van der Waals surface area contributed by atoms with Gasteiger partial charge in [0.1, 0.15) is 5.76 Å². The van der Waals surface area contributed by atoms with Gasteiger partial charge in [-0.1, -0.05) is 17.3 Å². The molecule has 1 fully saturated rings. The third-order valence-corrected chi connectivity index (χ3v) is 4.59. The molecular formula is C18H23N5O4. The summed E-state index contributed by atoms with van der Waals surface area (Å²) in [4.78, 5) is 26.8. The second kappa shape index (κ2) is 8.74. The van der Waals surface area contributed by atoms with Crippen molar-refractivity contribution in [2.45, 2.75) is 13.3 Å². The van der Waals surface area contributed by atoms with Crippen LogP contribution in [0.2, 0.25) is 0 Å². The van der Waals surface area contributed by atoms with E-state index in [1.54, 1.807) is 25.1 Å². The molecule has 3 rings (SSSR count). The third kappa shape index (κ3) is 5.60. The molecule has 0 bridgehead atoms. The zero-order valence-electron chi connectivity index (χ0n) is 15.3. The van der Waals surface area contributed by atoms with Crippen LogP contribution in [0, 0.1) is 17.0 Å². The Hall–Kier alpha value is -2.78. The topological polar surface area (TPSA) is 105 Å². The number of piperazine rings is 1. The molecule has 27 heavy (non-hydrogen) atoms. The number of hydrogen-bond acceptors (Lipinski definition) is 7. The van der Waals surface area contributed by atoms with E-state index in [1.807, 2.05) is 12.1 Å². The second-order valence-electron chi connectivity index (χ2n) is 6.66. The summed E-state index contributed by atoms with van der Waals surface area (Å²) in [6, 6.07) is 8.40. The average molecular weight is 373 g/mol. The summed E-state index contributed by atoms with van der Waals surface area (Å²) in [5.41, 5.74) is 1.21. The number of benzene rings is 1. The highest BCUT2D eigenvalue weighted by molar-refractivity contribution is 5.91. The highest BCUT2D eigenvalue weighted by Gasteiger charge is 2.19. The van der Waals surface area contributed by atoms with E-state index in [0.717, 1.165) is 44.7 Å². The maximum Gasteiger partial charge on any atom is 0.269 e. The maximum absolute atomic E-state index is 12.1. The Labute approximate surface area is 157 Å². The van der Waals surface area contributed by atoms with Gasteiger partial charge in [0, 0.05) is 50.9 Å². The first-order chi connectivity index (χ1) is 13.0. The fourth-order valence-corrected chi connectivity index (χ4v) is 3.05. The lowest BCUT2D eigenvalue weighted by atomic mass is 10.1. The standard InChI is InChI=1S/C18H23N5O4/c1-14-12-17(20-27-14)19-18(24)13-22-10-8-21(9-11-22)7-6-15-2-4-16(5-3-15)23(25)26/h2-5,12H,6-11,13H2,1H3,(H,19,20,24). The first kappa shape index (κ1) is 19.0. The van der Waals surface area contributed by atoms with E-state index < -0.39 is 0 Å². The minimum atomic E-state index is -0.386. The van der Waals surface area contributed by atoms with Gasteiger partial charge in [-0.15, -0.1) is 0 Å². The van der Waals surface area contributed by atoms with Crippen molar-refractivity contribution >= 4 is 17.4 Å². The maximum atomic E-state index is 12.1. The fraction of sp³-hybridized carbons (Fsp3) is 0.444. The summed E-state index contributed by atoms with van der Waals surface area (Å²) in [6.07, 6.45) is 0.851. The second-order valence-corrected chi connectivity index (χ2v) is 6.66. The number of carbonyl (C=O) groups excluding carboxylic acids is 1. The van der Waals surface area contributed by atoms with Crippen molar-refractivity contribution in [3.05, 3.63) is 51.8 Å². The van der Waals surface area contributed by atoms with Gasteiger partial charge in [0.15, 0.2) is 5.82 Å². The molecule has 0 radical (unpaired) electrons. The van der Waals surface area contributed by atoms with Crippen LogP contribution in [0.15, 0.2) is 34.9 Å². The number of aryl methyl sites for hydroxylation is 1. The van der Waals surface area contributed by atoms with Crippen molar-refractivity contribution in [2.24, 2.45) is 0 Å². The highest BCUT2D eigenvalue weighted by Crippen LogP contribution is 2.13. The molecule has 0 aliphatic carbocycles. The van der Waals surface area contributed by atoms with Gasteiger partial charge in [0.2, 0.25) is 5.91 Å². The largest absolute Gasteiger partial charge is 0.360 e. The molecule has 1 aliphatic heterocycles. The van der Waals surface area contributed by atoms with Gasteiger partial charge in [0.05, 0.1) is 11.5 Å². The minimum absolute atomic E-state index is 0.0948. The van der Waals surface area contributed by atoms with Crippen LogP contribution in [0.25, 0.3) is 0 Å². The van der Waals surface area contributed by atoms with E-state index >= 15 is 0 Å². The molecule has 1 aliphatic rings. The lowest BCUT2D eigenvalue weighted by Crippen LogP contribution is -2.49. The lowest BCUT2D eigenvalue weighted by molar-refractivity contribution is -0.384. The number of non-ortho nitro benzene ring substituents is 1. The van der Waals surface area contributed by atoms with Crippen LogP contribution in [0.4, 0.5) is 11.5 Å². The lowest BCUT2D eigenvalue weighted by Gasteiger charge is -2.34. The van der Waals surface area contributed by atoms with E-state index in [1.165, 1.54) is 0 Å². The Morgan fingerprint density at radius 1 is 1.22 bits per heavy atom. The smallest absolute Gasteiger partial charge is 0.269 e. The monoisotopic (exact) mass is 373 g/mol. The van der Waals surface area contributed by atoms with Crippen molar-refractivity contribution < 1.29 is 14.2 Å². The van der Waals surface area contributed by atoms with Crippen molar-refractivity contribution in [3.8, 4) is 0 Å². The SMILES string of the molecule is Cc1cc(NC(=O)CN2CCN(CCc3ccc([N+](=O)[O-])cc3)CC2)no1. The molecule has 1 aromatic carbocycles. The van der Waals surface area contributed by atoms with Crippen molar-refractivity contribution in [3.63, 3.8) is 0 Å². The van der Waals surface area contributed by atoms with E-state index in [4.69, 9.17) is 4.52 Å². The molecule has 144 valence electrons. The molecule has 1 amide bonds. The van der Waals surface area contributed by atoms with E-state index in [2.05, 4.69) is 20.3 Å². The normalized spacial score (nSPS) is 15.6. The summed E-state index contributed by atoms with van der Waals surface area (Å²) in [7, 11) is 0. The van der Waals surface area contributed by atoms with Crippen LogP contribution in [0.3, 0.4) is 0 Å². The number of anilines is 1. The predicted octanol–water partition coefficient (Wildman–Crippen LogP) is 1.69. The Kier molecular flexibility index (Phi) is 6.15. The average Bonchev–Trinajstić information content (AvgIpc) is 3.06. The number of nitro groups is 1. The molecule has 9 heteroatoms. The summed E-state index contributed by atoms with van der Waals surface area (Å²) in [5, 5.41) is 17.2. The molecule has 0 spiro atoms. The van der Waals surface area contributed by atoms with E-state index in [-0.39, 0.29) is 16.5 Å². The Balaban J connectivity index is 1.37. The Bertz CT molecular complexity index is 781. The molecule has 1 N–H and O–H groups in total. The number of nitro benzene ring substituents is 1. The van der Waals surface area contributed by atoms with Gasteiger partial charge in [-0.05, 0) is 18.9 Å². The summed E-state index contributed by atoms with van der Waals surface area (Å²) < 4.78 is 4.93. The van der Waals surface area contributed by atoms with Gasteiger partial charge >= 0.3 is 0 Å². The number of nitrogens with one attached hydrogen (secondary N) is 1. The molecule has 0 saturated carbocycles. The number of rotatable bonds is 7. The van der Waals surface area contributed by atoms with Crippen molar-refractivity contribution in [1.29, 1.82) is 0 Å². The quantitative estimate of drug-likeness (QED) is 0.581. The summed E-state index contributed by atoms with van der Waals surface area (Å²) in [6.45, 7) is 6.44. The van der Waals surface area contributed by atoms with Crippen molar-refractivity contribution in [1.82, 2.24) is 15.0 Å². The molecular weight excluding hydrogens is 350 g/mol. The van der Waals surface area contributed by atoms with Crippen LogP contribution in [-0.2, 0) is 11.2 Å². The molecule has 0 unspecified atom stereocenters. The number of hydrogen-bond donors (Lipinski definition) is 1. The van der Waals surface area contributed by atoms with E-state index in [0.29, 0.717) is 18.1 Å². The molecule has 1 aromatic heterocycles. The number of carbonyl (C=O) groups is 1. The zero-order chi connectivity index (χ0) is 19.2. The zero-order valence-corrected chi connectivity index (χ0v) is 15.3. The molecule has 9 nitrogen and oxygen atoms in total. The highest BCUT2D eigenvalue weighted by atomic mass is 16.6. The summed E-state index contributed by atoms with van der Waals surface area (Å²) in [5.74, 6) is 1.01. The van der Waals surface area contributed by atoms with Crippen LogP contribution in [0.1, 0.15) is 11.3 Å². The van der Waals surface area contributed by atoms with E-state index in [9.17, 15) is 14.9 Å². The Morgan fingerprint density at radius 2 is 1.89 bits per heavy atom. The number of aromatic nitrogens is 1. The first-order valence-corrected chi connectivity index (χ1v) is 8.91. The fourth-order valence-electron chi connectivity index (χ4n) is 3.05. The number of amides is 1. The van der Waals surface area contributed by atoms with Crippen LogP contribution in [0.5, 0.6) is 0 Å². The van der Waals surface area contributed by atoms with Crippen LogP contribution in [-0.4, -0.2) is 65.1 Å². The van der Waals surface area contributed by atoms with Gasteiger partial charge in [0.25, 0.3) is 5.69 Å². The van der Waals surface area contributed by atoms with Gasteiger partial charge in [-0.3, -0.25) is 19.8 Å². The van der Waals surface area contributed by atoms with Gasteiger partial charge in [-0.2, -0.15) is 0 Å². The summed E-state index contributed by atoms with van der Waals surface area (Å²) >= 11 is 0. The van der Waals surface area contributed by atoms with Crippen LogP contribution < -0.4 is 5.32 Å². The van der Waals surface area contributed by atoms with Crippen LogP contribution >= 0.6 is 0 Å². The van der Waals surface area contributed by atoms with Gasteiger partial charge < -0.3 is 14.7 Å². The Morgan fingerprint density at radius 3 is 2.48 bits per heavy atom. The third-order valence-electron chi connectivity index (χ3n) is 4.59. The molecule has 1 saturated heterocycles. The number of nitrogens with zero attached hydrogens (tertiary/aromatic N) is 4. The van der Waals surface area contributed by atoms with Crippen molar-refractivity contribution in [2.75, 3.05) is 44.6 Å².